The molecule has 3 nitrogen and oxygen atoms in total. The zero-order valence-corrected chi connectivity index (χ0v) is 14.5. The second kappa shape index (κ2) is 6.40. The Hall–Kier alpha value is -2.55. The summed E-state index contributed by atoms with van der Waals surface area (Å²) in [4.78, 5) is 12.5. The summed E-state index contributed by atoms with van der Waals surface area (Å²) in [7, 11) is 0. The maximum atomic E-state index is 12.5. The largest absolute Gasteiger partial charge is 0.464 e. The molecule has 0 radical (unpaired) electrons. The number of rotatable bonds is 5. The molecule has 0 unspecified atom stereocenters. The summed E-state index contributed by atoms with van der Waals surface area (Å²) in [6, 6.07) is 16.7. The van der Waals surface area contributed by atoms with Crippen molar-refractivity contribution in [1.29, 1.82) is 0 Å². The first-order valence-corrected chi connectivity index (χ1v) is 8.95. The summed E-state index contributed by atoms with van der Waals surface area (Å²) in [6.45, 7) is 2.75. The summed E-state index contributed by atoms with van der Waals surface area (Å²) >= 11 is 0. The first-order chi connectivity index (χ1) is 12.2. The van der Waals surface area contributed by atoms with Crippen LogP contribution in [-0.2, 0) is 16.6 Å². The van der Waals surface area contributed by atoms with Crippen LogP contribution in [-0.4, -0.2) is 12.5 Å². The Morgan fingerprint density at radius 2 is 1.96 bits per heavy atom. The standard InChI is InChI=1S/C22H23NO2/c1-16-8-9-19-17(14-25-20(19)12-16)13-21(24)23-15-22(10-5-11-22)18-6-3-2-4-7-18/h2-4,6-9,12,14H,5,10-11,13,15H2,1H3,(H,23,24). The van der Waals surface area contributed by atoms with Gasteiger partial charge in [0.1, 0.15) is 5.58 Å². The minimum atomic E-state index is 0.0606. The number of amides is 1. The van der Waals surface area contributed by atoms with Crippen molar-refractivity contribution in [3.63, 3.8) is 0 Å². The van der Waals surface area contributed by atoms with Crippen LogP contribution in [0.2, 0.25) is 0 Å². The lowest BCUT2D eigenvalue weighted by Crippen LogP contribution is -2.45. The van der Waals surface area contributed by atoms with Crippen LogP contribution < -0.4 is 5.32 Å². The number of carbonyl (C=O) groups is 1. The van der Waals surface area contributed by atoms with E-state index >= 15 is 0 Å². The van der Waals surface area contributed by atoms with Crippen molar-refractivity contribution in [2.75, 3.05) is 6.54 Å². The highest BCUT2D eigenvalue weighted by molar-refractivity contribution is 5.88. The van der Waals surface area contributed by atoms with Gasteiger partial charge in [0.25, 0.3) is 0 Å². The molecule has 0 aliphatic heterocycles. The average molecular weight is 333 g/mol. The zero-order chi connectivity index (χ0) is 17.3. The summed E-state index contributed by atoms with van der Waals surface area (Å²) in [5, 5.41) is 4.19. The van der Waals surface area contributed by atoms with E-state index in [1.54, 1.807) is 6.26 Å². The summed E-state index contributed by atoms with van der Waals surface area (Å²) in [5.74, 6) is 0.0606. The van der Waals surface area contributed by atoms with E-state index in [1.165, 1.54) is 12.0 Å². The zero-order valence-electron chi connectivity index (χ0n) is 14.5. The fourth-order valence-corrected chi connectivity index (χ4v) is 3.79. The molecule has 3 aromatic rings. The van der Waals surface area contributed by atoms with Gasteiger partial charge in [-0.15, -0.1) is 0 Å². The summed E-state index contributed by atoms with van der Waals surface area (Å²) < 4.78 is 5.60. The topological polar surface area (TPSA) is 42.2 Å². The third kappa shape index (κ3) is 3.07. The van der Waals surface area contributed by atoms with Gasteiger partial charge in [-0.2, -0.15) is 0 Å². The Morgan fingerprint density at radius 3 is 2.68 bits per heavy atom. The molecule has 0 spiro atoms. The minimum Gasteiger partial charge on any atom is -0.464 e. The predicted molar refractivity (Wildman–Crippen MR) is 99.6 cm³/mol. The Balaban J connectivity index is 1.43. The van der Waals surface area contributed by atoms with E-state index in [0.29, 0.717) is 13.0 Å². The Bertz CT molecular complexity index is 891. The maximum Gasteiger partial charge on any atom is 0.224 e. The highest BCUT2D eigenvalue weighted by Gasteiger charge is 2.38. The van der Waals surface area contributed by atoms with Crippen LogP contribution in [0.25, 0.3) is 11.0 Å². The molecule has 4 rings (SSSR count). The third-order valence-corrected chi connectivity index (χ3v) is 5.48. The first-order valence-electron chi connectivity index (χ1n) is 8.95. The molecule has 2 aromatic carbocycles. The van der Waals surface area contributed by atoms with Gasteiger partial charge in [-0.25, -0.2) is 0 Å². The maximum absolute atomic E-state index is 12.5. The molecule has 1 aliphatic carbocycles. The molecule has 1 heterocycles. The number of fused-ring (bicyclic) bond motifs is 1. The van der Waals surface area contributed by atoms with Crippen molar-refractivity contribution in [1.82, 2.24) is 5.32 Å². The van der Waals surface area contributed by atoms with Gasteiger partial charge in [0.15, 0.2) is 0 Å². The van der Waals surface area contributed by atoms with E-state index in [4.69, 9.17) is 4.42 Å². The molecule has 1 N–H and O–H groups in total. The van der Waals surface area contributed by atoms with Crippen molar-refractivity contribution in [3.05, 3.63) is 71.5 Å². The lowest BCUT2D eigenvalue weighted by molar-refractivity contribution is -0.120. The lowest BCUT2D eigenvalue weighted by atomic mass is 9.64. The number of hydrogen-bond donors (Lipinski definition) is 1. The Morgan fingerprint density at radius 1 is 1.16 bits per heavy atom. The molecule has 3 heteroatoms. The Kier molecular flexibility index (Phi) is 4.08. The van der Waals surface area contributed by atoms with Gasteiger partial charge in [0.2, 0.25) is 5.91 Å². The van der Waals surface area contributed by atoms with Crippen LogP contribution in [0.15, 0.2) is 59.2 Å². The molecule has 1 fully saturated rings. The fourth-order valence-electron chi connectivity index (χ4n) is 3.79. The normalized spacial score (nSPS) is 15.7. The molecule has 0 saturated heterocycles. The van der Waals surface area contributed by atoms with E-state index in [2.05, 4.69) is 35.6 Å². The number of benzene rings is 2. The van der Waals surface area contributed by atoms with Crippen LogP contribution in [0.4, 0.5) is 0 Å². The lowest BCUT2D eigenvalue weighted by Gasteiger charge is -2.42. The average Bonchev–Trinajstić information content (AvgIpc) is 2.97. The number of furan rings is 1. The van der Waals surface area contributed by atoms with Crippen molar-refractivity contribution in [2.45, 2.75) is 38.0 Å². The predicted octanol–water partition coefficient (Wildman–Crippen LogP) is 4.52. The quantitative estimate of drug-likeness (QED) is 0.746. The smallest absolute Gasteiger partial charge is 0.224 e. The number of aryl methyl sites for hydroxylation is 1. The highest BCUT2D eigenvalue weighted by Crippen LogP contribution is 2.43. The van der Waals surface area contributed by atoms with Gasteiger partial charge in [-0.3, -0.25) is 4.79 Å². The fraction of sp³-hybridized carbons (Fsp3) is 0.318. The van der Waals surface area contributed by atoms with Crippen molar-refractivity contribution in [2.24, 2.45) is 0 Å². The number of nitrogens with one attached hydrogen (secondary N) is 1. The summed E-state index contributed by atoms with van der Waals surface area (Å²) in [6.07, 6.45) is 5.59. The van der Waals surface area contributed by atoms with Gasteiger partial charge < -0.3 is 9.73 Å². The van der Waals surface area contributed by atoms with E-state index in [-0.39, 0.29) is 11.3 Å². The third-order valence-electron chi connectivity index (χ3n) is 5.48. The van der Waals surface area contributed by atoms with Crippen LogP contribution >= 0.6 is 0 Å². The van der Waals surface area contributed by atoms with Crippen molar-refractivity contribution in [3.8, 4) is 0 Å². The van der Waals surface area contributed by atoms with E-state index in [9.17, 15) is 4.79 Å². The molecule has 128 valence electrons. The highest BCUT2D eigenvalue weighted by atomic mass is 16.3. The summed E-state index contributed by atoms with van der Waals surface area (Å²) in [5.41, 5.74) is 4.42. The molecular formula is C22H23NO2. The molecule has 1 aromatic heterocycles. The monoisotopic (exact) mass is 333 g/mol. The molecule has 25 heavy (non-hydrogen) atoms. The Labute approximate surface area is 148 Å². The molecule has 1 saturated carbocycles. The van der Waals surface area contributed by atoms with Crippen molar-refractivity contribution >= 4 is 16.9 Å². The van der Waals surface area contributed by atoms with Crippen LogP contribution in [0, 0.1) is 6.92 Å². The van der Waals surface area contributed by atoms with Gasteiger partial charge in [-0.05, 0) is 37.0 Å². The van der Waals surface area contributed by atoms with Crippen LogP contribution in [0.3, 0.4) is 0 Å². The molecule has 1 aliphatic rings. The van der Waals surface area contributed by atoms with Crippen LogP contribution in [0.1, 0.15) is 36.0 Å². The number of hydrogen-bond acceptors (Lipinski definition) is 2. The molecular weight excluding hydrogens is 310 g/mol. The van der Waals surface area contributed by atoms with Gasteiger partial charge in [-0.1, -0.05) is 48.9 Å². The van der Waals surface area contributed by atoms with Gasteiger partial charge in [0, 0.05) is 22.9 Å². The second-order valence-electron chi connectivity index (χ2n) is 7.21. The van der Waals surface area contributed by atoms with Gasteiger partial charge >= 0.3 is 0 Å². The second-order valence-corrected chi connectivity index (χ2v) is 7.21. The van der Waals surface area contributed by atoms with E-state index in [0.717, 1.165) is 34.9 Å². The van der Waals surface area contributed by atoms with Crippen molar-refractivity contribution < 1.29 is 9.21 Å². The van der Waals surface area contributed by atoms with Gasteiger partial charge in [0.05, 0.1) is 12.7 Å². The van der Waals surface area contributed by atoms with E-state index in [1.807, 2.05) is 25.1 Å². The molecule has 0 bridgehead atoms. The minimum absolute atomic E-state index is 0.0606. The van der Waals surface area contributed by atoms with Crippen LogP contribution in [0.5, 0.6) is 0 Å². The van der Waals surface area contributed by atoms with E-state index < -0.39 is 0 Å². The molecule has 0 atom stereocenters. The number of carbonyl (C=O) groups excluding carboxylic acids is 1. The first kappa shape index (κ1) is 15.9. The SMILES string of the molecule is Cc1ccc2c(CC(=O)NCC3(c4ccccc4)CCC3)coc2c1. The molecule has 1 amide bonds.